The fourth-order valence-corrected chi connectivity index (χ4v) is 4.10. The molecule has 1 fully saturated rings. The number of nitrogens with one attached hydrogen (secondary N) is 2. The molecule has 2 amide bonds. The van der Waals surface area contributed by atoms with Gasteiger partial charge >= 0.3 is 12.0 Å². The van der Waals surface area contributed by atoms with E-state index in [4.69, 9.17) is 4.74 Å². The highest BCUT2D eigenvalue weighted by molar-refractivity contribution is 7.99. The molecule has 1 aromatic rings. The van der Waals surface area contributed by atoms with E-state index in [-0.39, 0.29) is 17.7 Å². The molecule has 1 atom stereocenters. The minimum Gasteiger partial charge on any atom is -0.463 e. The summed E-state index contributed by atoms with van der Waals surface area (Å²) in [5.41, 5.74) is 0.915. The molecule has 2 N–H and O–H groups in total. The highest BCUT2D eigenvalue weighted by atomic mass is 32.2. The number of carbonyl (C=O) groups excluding carboxylic acids is 2. The third-order valence-corrected chi connectivity index (χ3v) is 5.35. The number of carbonyl (C=O) groups is 2. The fourth-order valence-electron chi connectivity index (χ4n) is 3.12. The van der Waals surface area contributed by atoms with Crippen LogP contribution < -0.4 is 10.6 Å². The summed E-state index contributed by atoms with van der Waals surface area (Å²) in [4.78, 5) is 26.9. The van der Waals surface area contributed by atoms with E-state index in [9.17, 15) is 18.4 Å². The second-order valence-corrected chi connectivity index (χ2v) is 7.43. The first-order valence-corrected chi connectivity index (χ1v) is 9.87. The summed E-state index contributed by atoms with van der Waals surface area (Å²) in [6.45, 7) is 3.89. The highest BCUT2D eigenvalue weighted by Gasteiger charge is 2.34. The van der Waals surface area contributed by atoms with Crippen LogP contribution >= 0.6 is 11.8 Å². The van der Waals surface area contributed by atoms with Gasteiger partial charge in [-0.2, -0.15) is 11.8 Å². The minimum absolute atomic E-state index is 0.161. The molecular weight excluding hydrogens is 376 g/mol. The third-order valence-electron chi connectivity index (χ3n) is 4.41. The normalized spacial score (nSPS) is 20.9. The molecule has 1 saturated heterocycles. The Kier molecular flexibility index (Phi) is 6.33. The van der Waals surface area contributed by atoms with Gasteiger partial charge in [-0.15, -0.1) is 0 Å². The van der Waals surface area contributed by atoms with E-state index >= 15 is 0 Å². The van der Waals surface area contributed by atoms with Gasteiger partial charge in [0.15, 0.2) is 11.6 Å². The molecule has 2 aliphatic rings. The van der Waals surface area contributed by atoms with Gasteiger partial charge in [0, 0.05) is 36.8 Å². The SMILES string of the molecule is CCOC(=O)C1=C(CN2CCSCC2)NC(=O)N[C@@H]1c1ccc(F)c(F)c1. The summed E-state index contributed by atoms with van der Waals surface area (Å²) in [5.74, 6) is -0.687. The molecule has 0 aromatic heterocycles. The molecule has 3 rings (SSSR count). The zero-order valence-electron chi connectivity index (χ0n) is 14.9. The monoisotopic (exact) mass is 397 g/mol. The van der Waals surface area contributed by atoms with E-state index in [1.54, 1.807) is 6.92 Å². The number of rotatable bonds is 5. The first-order valence-electron chi connectivity index (χ1n) is 8.72. The first kappa shape index (κ1) is 19.6. The minimum atomic E-state index is -1.04. The van der Waals surface area contributed by atoms with Crippen molar-refractivity contribution in [1.29, 1.82) is 0 Å². The smallest absolute Gasteiger partial charge is 0.338 e. The Morgan fingerprint density at radius 3 is 2.70 bits per heavy atom. The molecule has 2 heterocycles. The average Bonchev–Trinajstić information content (AvgIpc) is 2.64. The second kappa shape index (κ2) is 8.71. The van der Waals surface area contributed by atoms with Gasteiger partial charge in [0.25, 0.3) is 0 Å². The van der Waals surface area contributed by atoms with Crippen LogP contribution in [0.25, 0.3) is 0 Å². The number of hydrogen-bond donors (Lipinski definition) is 2. The standard InChI is InChI=1S/C18H21F2N3O3S/c1-2-26-17(24)15-14(10-23-5-7-27-8-6-23)21-18(25)22-16(15)11-3-4-12(19)13(20)9-11/h3-4,9,16H,2,5-8,10H2,1H3,(H2,21,22,25)/t16-/m1/s1. The number of thioether (sulfide) groups is 1. The zero-order valence-corrected chi connectivity index (χ0v) is 15.7. The van der Waals surface area contributed by atoms with Crippen molar-refractivity contribution in [2.45, 2.75) is 13.0 Å². The van der Waals surface area contributed by atoms with Crippen LogP contribution in [0.15, 0.2) is 29.5 Å². The van der Waals surface area contributed by atoms with Crippen LogP contribution in [0.4, 0.5) is 13.6 Å². The van der Waals surface area contributed by atoms with Crippen molar-refractivity contribution in [3.05, 3.63) is 46.7 Å². The number of hydrogen-bond acceptors (Lipinski definition) is 5. The summed E-state index contributed by atoms with van der Waals surface area (Å²) in [7, 11) is 0. The topological polar surface area (TPSA) is 70.7 Å². The predicted molar refractivity (Wildman–Crippen MR) is 98.2 cm³/mol. The lowest BCUT2D eigenvalue weighted by Gasteiger charge is -2.33. The molecule has 6 nitrogen and oxygen atoms in total. The molecule has 0 aliphatic carbocycles. The highest BCUT2D eigenvalue weighted by Crippen LogP contribution is 2.29. The molecular formula is C18H21F2N3O3S. The number of esters is 1. The van der Waals surface area contributed by atoms with E-state index in [0.717, 1.165) is 36.7 Å². The Bertz CT molecular complexity index is 766. The number of nitrogens with zero attached hydrogens (tertiary/aromatic N) is 1. The summed E-state index contributed by atoms with van der Waals surface area (Å²) >= 11 is 1.85. The van der Waals surface area contributed by atoms with Gasteiger partial charge in [0.1, 0.15) is 0 Å². The molecule has 0 radical (unpaired) electrons. The summed E-state index contributed by atoms with van der Waals surface area (Å²) in [5, 5.41) is 5.31. The average molecular weight is 397 g/mol. The predicted octanol–water partition coefficient (Wildman–Crippen LogP) is 2.18. The molecule has 9 heteroatoms. The van der Waals surface area contributed by atoms with Gasteiger partial charge in [-0.25, -0.2) is 18.4 Å². The zero-order chi connectivity index (χ0) is 19.4. The maximum Gasteiger partial charge on any atom is 0.338 e. The van der Waals surface area contributed by atoms with Crippen molar-refractivity contribution >= 4 is 23.8 Å². The lowest BCUT2D eigenvalue weighted by Crippen LogP contribution is -2.49. The Morgan fingerprint density at radius 1 is 1.30 bits per heavy atom. The summed E-state index contributed by atoms with van der Waals surface area (Å²) < 4.78 is 32.2. The van der Waals surface area contributed by atoms with E-state index in [1.165, 1.54) is 6.07 Å². The first-order chi connectivity index (χ1) is 13.0. The molecule has 0 spiro atoms. The van der Waals surface area contributed by atoms with Gasteiger partial charge in [0.05, 0.1) is 18.2 Å². The number of urea groups is 1. The molecule has 0 saturated carbocycles. The molecule has 146 valence electrons. The van der Waals surface area contributed by atoms with Crippen LogP contribution in [0.2, 0.25) is 0 Å². The summed E-state index contributed by atoms with van der Waals surface area (Å²) in [6, 6.07) is 1.90. The van der Waals surface area contributed by atoms with E-state index in [2.05, 4.69) is 15.5 Å². The largest absolute Gasteiger partial charge is 0.463 e. The Balaban J connectivity index is 2.00. The van der Waals surface area contributed by atoms with Crippen molar-refractivity contribution in [3.63, 3.8) is 0 Å². The fraction of sp³-hybridized carbons (Fsp3) is 0.444. The molecule has 27 heavy (non-hydrogen) atoms. The van der Waals surface area contributed by atoms with Crippen LogP contribution in [0, 0.1) is 11.6 Å². The Labute approximate surface area is 160 Å². The number of ether oxygens (including phenoxy) is 1. The van der Waals surface area contributed by atoms with Gasteiger partial charge in [0.2, 0.25) is 0 Å². The summed E-state index contributed by atoms with van der Waals surface area (Å²) in [6.07, 6.45) is 0. The maximum atomic E-state index is 13.7. The molecule has 1 aromatic carbocycles. The van der Waals surface area contributed by atoms with Crippen LogP contribution in [0.3, 0.4) is 0 Å². The lowest BCUT2D eigenvalue weighted by atomic mass is 9.94. The van der Waals surface area contributed by atoms with E-state index in [1.807, 2.05) is 11.8 Å². The van der Waals surface area contributed by atoms with Gasteiger partial charge in [-0.05, 0) is 24.6 Å². The van der Waals surface area contributed by atoms with Crippen molar-refractivity contribution in [2.75, 3.05) is 37.7 Å². The van der Waals surface area contributed by atoms with Crippen LogP contribution in [0.1, 0.15) is 18.5 Å². The van der Waals surface area contributed by atoms with Crippen LogP contribution in [-0.4, -0.2) is 54.6 Å². The van der Waals surface area contributed by atoms with Crippen molar-refractivity contribution in [3.8, 4) is 0 Å². The van der Waals surface area contributed by atoms with Crippen molar-refractivity contribution in [2.24, 2.45) is 0 Å². The Morgan fingerprint density at radius 2 is 2.04 bits per heavy atom. The molecule has 0 bridgehead atoms. The Hall–Kier alpha value is -2.13. The van der Waals surface area contributed by atoms with Crippen molar-refractivity contribution < 1.29 is 23.1 Å². The van der Waals surface area contributed by atoms with Crippen LogP contribution in [0.5, 0.6) is 0 Å². The number of amides is 2. The van der Waals surface area contributed by atoms with Gasteiger partial charge in [-0.3, -0.25) is 4.90 Å². The lowest BCUT2D eigenvalue weighted by molar-refractivity contribution is -0.139. The van der Waals surface area contributed by atoms with Crippen molar-refractivity contribution in [1.82, 2.24) is 15.5 Å². The third kappa shape index (κ3) is 4.59. The second-order valence-electron chi connectivity index (χ2n) is 6.21. The maximum absolute atomic E-state index is 13.7. The molecule has 0 unspecified atom stereocenters. The van der Waals surface area contributed by atoms with E-state index < -0.39 is 29.7 Å². The van der Waals surface area contributed by atoms with Gasteiger partial charge in [-0.1, -0.05) is 6.07 Å². The number of benzene rings is 1. The molecule has 2 aliphatic heterocycles. The van der Waals surface area contributed by atoms with Gasteiger partial charge < -0.3 is 15.4 Å². The number of halogens is 2. The quantitative estimate of drug-likeness (QED) is 0.746. The van der Waals surface area contributed by atoms with Crippen LogP contribution in [-0.2, 0) is 9.53 Å². The van der Waals surface area contributed by atoms with E-state index in [0.29, 0.717) is 12.2 Å².